The fourth-order valence-electron chi connectivity index (χ4n) is 4.34. The van der Waals surface area contributed by atoms with Gasteiger partial charge in [0, 0.05) is 42.1 Å². The molecule has 2 heterocycles. The molecule has 0 radical (unpaired) electrons. The number of amides is 1. The summed E-state index contributed by atoms with van der Waals surface area (Å²) in [5.74, 6) is 0.388. The lowest BCUT2D eigenvalue weighted by molar-refractivity contribution is -0.137. The first-order valence-corrected chi connectivity index (χ1v) is 12.1. The first kappa shape index (κ1) is 26.5. The highest BCUT2D eigenvalue weighted by molar-refractivity contribution is 9.10. The van der Waals surface area contributed by atoms with E-state index in [9.17, 15) is 18.0 Å². The first-order valence-electron chi connectivity index (χ1n) is 10.9. The van der Waals surface area contributed by atoms with Crippen molar-refractivity contribution in [1.29, 1.82) is 0 Å². The molecule has 11 heteroatoms. The Bertz CT molecular complexity index is 995. The number of carbonyl (C=O) groups is 1. The number of aromatic nitrogens is 2. The number of carbonyl (C=O) groups excluding carboxylic acids is 1. The molecule has 0 unspecified atom stereocenters. The SMILES string of the molecule is CC(C)OC(=O)N1[C@H](C)CC(N(Cc2cc(Cl)cc(C(F)(F)F)c2)c2ncc(Br)cn2)C[C@H]1C. The molecule has 34 heavy (non-hydrogen) atoms. The number of benzene rings is 1. The van der Waals surface area contributed by atoms with Gasteiger partial charge in [-0.2, -0.15) is 13.2 Å². The second-order valence-corrected chi connectivity index (χ2v) is 10.2. The van der Waals surface area contributed by atoms with Crippen LogP contribution in [0.3, 0.4) is 0 Å². The lowest BCUT2D eigenvalue weighted by atomic mass is 9.91. The highest BCUT2D eigenvalue weighted by Crippen LogP contribution is 2.34. The summed E-state index contributed by atoms with van der Waals surface area (Å²) in [4.78, 5) is 25.0. The van der Waals surface area contributed by atoms with Crippen LogP contribution in [-0.2, 0) is 17.5 Å². The normalized spacial score (nSPS) is 21.0. The van der Waals surface area contributed by atoms with Gasteiger partial charge in [0.25, 0.3) is 0 Å². The van der Waals surface area contributed by atoms with E-state index < -0.39 is 11.7 Å². The van der Waals surface area contributed by atoms with Crippen molar-refractivity contribution in [3.63, 3.8) is 0 Å². The van der Waals surface area contributed by atoms with Crippen LogP contribution in [0, 0.1) is 0 Å². The van der Waals surface area contributed by atoms with Crippen LogP contribution in [0.2, 0.25) is 5.02 Å². The number of anilines is 1. The Kier molecular flexibility index (Phi) is 8.34. The molecule has 1 fully saturated rings. The van der Waals surface area contributed by atoms with Gasteiger partial charge in [0.2, 0.25) is 5.95 Å². The van der Waals surface area contributed by atoms with Crippen molar-refractivity contribution >= 4 is 39.6 Å². The van der Waals surface area contributed by atoms with Gasteiger partial charge in [-0.3, -0.25) is 0 Å². The van der Waals surface area contributed by atoms with E-state index in [1.807, 2.05) is 18.7 Å². The number of halogens is 5. The maximum Gasteiger partial charge on any atom is 0.416 e. The number of alkyl halides is 3. The number of rotatable bonds is 5. The molecule has 3 rings (SSSR count). The molecule has 0 spiro atoms. The van der Waals surface area contributed by atoms with Gasteiger partial charge in [0.05, 0.1) is 16.1 Å². The van der Waals surface area contributed by atoms with E-state index in [0.717, 1.165) is 12.1 Å². The predicted octanol–water partition coefficient (Wildman–Crippen LogP) is 6.70. The topological polar surface area (TPSA) is 58.6 Å². The summed E-state index contributed by atoms with van der Waals surface area (Å²) >= 11 is 9.34. The monoisotopic (exact) mass is 562 g/mol. The molecule has 0 N–H and O–H groups in total. The van der Waals surface area contributed by atoms with Crippen LogP contribution >= 0.6 is 27.5 Å². The van der Waals surface area contributed by atoms with Crippen LogP contribution in [0.4, 0.5) is 23.9 Å². The Hall–Kier alpha value is -2.07. The van der Waals surface area contributed by atoms with Gasteiger partial charge in [-0.25, -0.2) is 14.8 Å². The summed E-state index contributed by atoms with van der Waals surface area (Å²) in [5.41, 5.74) is -0.409. The third-order valence-electron chi connectivity index (χ3n) is 5.67. The van der Waals surface area contributed by atoms with Crippen LogP contribution in [0.25, 0.3) is 0 Å². The third kappa shape index (κ3) is 6.53. The number of hydrogen-bond acceptors (Lipinski definition) is 5. The van der Waals surface area contributed by atoms with Crippen molar-refractivity contribution in [3.8, 4) is 0 Å². The molecule has 1 aromatic carbocycles. The summed E-state index contributed by atoms with van der Waals surface area (Å²) in [6.45, 7) is 7.60. The quantitative estimate of drug-likeness (QED) is 0.405. The number of ether oxygens (including phenoxy) is 1. The van der Waals surface area contributed by atoms with Crippen molar-refractivity contribution in [2.45, 2.75) is 77.5 Å². The van der Waals surface area contributed by atoms with Crippen molar-refractivity contribution < 1.29 is 22.7 Å². The Morgan fingerprint density at radius 2 is 1.79 bits per heavy atom. The molecule has 0 saturated carbocycles. The summed E-state index contributed by atoms with van der Waals surface area (Å²) in [6, 6.07) is 3.10. The number of nitrogens with zero attached hydrogens (tertiary/aromatic N) is 4. The van der Waals surface area contributed by atoms with Crippen molar-refractivity contribution in [2.24, 2.45) is 0 Å². The summed E-state index contributed by atoms with van der Waals surface area (Å²) in [7, 11) is 0. The lowest BCUT2D eigenvalue weighted by Crippen LogP contribution is -2.55. The molecule has 2 atom stereocenters. The average molecular weight is 564 g/mol. The molecule has 1 aromatic heterocycles. The average Bonchev–Trinajstić information content (AvgIpc) is 2.70. The van der Waals surface area contributed by atoms with Crippen LogP contribution < -0.4 is 4.90 Å². The van der Waals surface area contributed by atoms with E-state index in [2.05, 4.69) is 25.9 Å². The molecule has 1 amide bonds. The Labute approximate surface area is 210 Å². The van der Waals surface area contributed by atoms with Crippen LogP contribution in [-0.4, -0.2) is 45.2 Å². The Morgan fingerprint density at radius 1 is 1.21 bits per heavy atom. The van der Waals surface area contributed by atoms with Gasteiger partial charge in [-0.15, -0.1) is 0 Å². The lowest BCUT2D eigenvalue weighted by Gasteiger charge is -2.45. The van der Waals surface area contributed by atoms with Crippen LogP contribution in [0.1, 0.15) is 51.7 Å². The smallest absolute Gasteiger partial charge is 0.416 e. The van der Waals surface area contributed by atoms with Crippen molar-refractivity contribution in [1.82, 2.24) is 14.9 Å². The zero-order chi connectivity index (χ0) is 25.2. The number of hydrogen-bond donors (Lipinski definition) is 0. The molecule has 2 aromatic rings. The van der Waals surface area contributed by atoms with Gasteiger partial charge in [-0.05, 0) is 80.2 Å². The van der Waals surface area contributed by atoms with Gasteiger partial charge in [0.1, 0.15) is 0 Å². The molecule has 0 bridgehead atoms. The molecular formula is C23H27BrClF3N4O2. The largest absolute Gasteiger partial charge is 0.447 e. The highest BCUT2D eigenvalue weighted by atomic mass is 79.9. The van der Waals surface area contributed by atoms with Crippen molar-refractivity contribution in [3.05, 3.63) is 51.2 Å². The van der Waals surface area contributed by atoms with Crippen LogP contribution in [0.15, 0.2) is 35.1 Å². The van der Waals surface area contributed by atoms with Gasteiger partial charge in [-0.1, -0.05) is 11.6 Å². The second kappa shape index (κ2) is 10.7. The Balaban J connectivity index is 1.92. The van der Waals surface area contributed by atoms with E-state index in [0.29, 0.717) is 28.8 Å². The summed E-state index contributed by atoms with van der Waals surface area (Å²) in [6.07, 6.45) is -0.781. The van der Waals surface area contributed by atoms with Gasteiger partial charge in [0.15, 0.2) is 0 Å². The first-order chi connectivity index (χ1) is 15.8. The molecule has 186 valence electrons. The van der Waals surface area contributed by atoms with Gasteiger partial charge < -0.3 is 14.5 Å². The minimum Gasteiger partial charge on any atom is -0.447 e. The molecule has 1 aliphatic rings. The fourth-order valence-corrected chi connectivity index (χ4v) is 4.80. The van der Waals surface area contributed by atoms with Crippen molar-refractivity contribution in [2.75, 3.05) is 4.90 Å². The highest BCUT2D eigenvalue weighted by Gasteiger charge is 2.38. The number of likely N-dealkylation sites (tertiary alicyclic amines) is 1. The summed E-state index contributed by atoms with van der Waals surface area (Å²) in [5, 5.41) is 0.00878. The molecule has 6 nitrogen and oxygen atoms in total. The van der Waals surface area contributed by atoms with E-state index >= 15 is 0 Å². The van der Waals surface area contributed by atoms with E-state index in [1.165, 1.54) is 6.07 Å². The van der Waals surface area contributed by atoms with E-state index in [-0.39, 0.29) is 41.9 Å². The number of piperidine rings is 1. The summed E-state index contributed by atoms with van der Waals surface area (Å²) < 4.78 is 46.2. The molecule has 0 aliphatic carbocycles. The van der Waals surface area contributed by atoms with E-state index in [4.69, 9.17) is 16.3 Å². The van der Waals surface area contributed by atoms with Crippen LogP contribution in [0.5, 0.6) is 0 Å². The molecule has 1 aliphatic heterocycles. The Morgan fingerprint density at radius 3 is 2.32 bits per heavy atom. The minimum atomic E-state index is -4.51. The standard InChI is InChI=1S/C23H27BrClF3N4O2/c1-13(2)34-22(33)32-14(3)5-20(6-15(32)4)31(21-29-10-18(24)11-30-21)12-16-7-17(23(26,27)28)9-19(25)8-16/h7-11,13-15,20H,5-6,12H2,1-4H3/t14-,15-/m1/s1. The van der Waals surface area contributed by atoms with Gasteiger partial charge >= 0.3 is 12.3 Å². The fraction of sp³-hybridized carbons (Fsp3) is 0.522. The zero-order valence-electron chi connectivity index (χ0n) is 19.3. The second-order valence-electron chi connectivity index (χ2n) is 8.84. The maximum absolute atomic E-state index is 13.4. The molecule has 1 saturated heterocycles. The maximum atomic E-state index is 13.4. The zero-order valence-corrected chi connectivity index (χ0v) is 21.7. The third-order valence-corrected chi connectivity index (χ3v) is 6.29. The minimum absolute atomic E-state index is 0.00878. The van der Waals surface area contributed by atoms with E-state index in [1.54, 1.807) is 31.1 Å². The predicted molar refractivity (Wildman–Crippen MR) is 128 cm³/mol. The molecular weight excluding hydrogens is 537 g/mol.